The van der Waals surface area contributed by atoms with Gasteiger partial charge in [0.15, 0.2) is 0 Å². The highest BCUT2D eigenvalue weighted by Gasteiger charge is 2.35. The molecular weight excluding hydrogens is 476 g/mol. The second kappa shape index (κ2) is 13.4. The van der Waals surface area contributed by atoms with Crippen molar-refractivity contribution in [1.82, 2.24) is 20.4 Å². The number of carbonyl (C=O) groups is 4. The molecule has 10 nitrogen and oxygen atoms in total. The first-order valence-electron chi connectivity index (χ1n) is 13.2. The number of nitrogens with one attached hydrogen (secondary N) is 2. The average Bonchev–Trinajstić information content (AvgIpc) is 2.86. The predicted molar refractivity (Wildman–Crippen MR) is 138 cm³/mol. The summed E-state index contributed by atoms with van der Waals surface area (Å²) in [6.07, 6.45) is 4.44. The molecule has 0 aliphatic carbocycles. The van der Waals surface area contributed by atoms with Crippen molar-refractivity contribution in [2.45, 2.75) is 77.0 Å². The largest absolute Gasteiger partial charge is 0.444 e. The van der Waals surface area contributed by atoms with E-state index in [-0.39, 0.29) is 42.7 Å². The van der Waals surface area contributed by atoms with E-state index in [0.717, 1.165) is 45.1 Å². The van der Waals surface area contributed by atoms with Crippen molar-refractivity contribution in [3.05, 3.63) is 35.9 Å². The Hall–Kier alpha value is -3.14. The van der Waals surface area contributed by atoms with E-state index in [0.29, 0.717) is 13.1 Å². The van der Waals surface area contributed by atoms with Crippen LogP contribution < -0.4 is 10.6 Å². The van der Waals surface area contributed by atoms with Gasteiger partial charge in [0.2, 0.25) is 5.91 Å². The highest BCUT2D eigenvalue weighted by Crippen LogP contribution is 2.24. The minimum Gasteiger partial charge on any atom is -0.444 e. The van der Waals surface area contributed by atoms with Gasteiger partial charge < -0.3 is 25.0 Å². The number of piperidine rings is 2. The second-order valence-corrected chi connectivity index (χ2v) is 10.6. The molecule has 1 aromatic rings. The average molecular weight is 517 g/mol. The number of benzene rings is 1. The zero-order chi connectivity index (χ0) is 26.8. The lowest BCUT2D eigenvalue weighted by molar-refractivity contribution is -0.128. The Bertz CT molecular complexity index is 933. The zero-order valence-electron chi connectivity index (χ0n) is 22.2. The molecule has 2 aliphatic heterocycles. The van der Waals surface area contributed by atoms with Gasteiger partial charge in [-0.2, -0.15) is 0 Å². The van der Waals surface area contributed by atoms with Crippen LogP contribution in [0.2, 0.25) is 0 Å². The van der Waals surface area contributed by atoms with Gasteiger partial charge in [0, 0.05) is 32.2 Å². The van der Waals surface area contributed by atoms with E-state index in [2.05, 4.69) is 15.5 Å². The van der Waals surface area contributed by atoms with Crippen molar-refractivity contribution in [3.63, 3.8) is 0 Å². The first-order valence-corrected chi connectivity index (χ1v) is 13.2. The van der Waals surface area contributed by atoms with Gasteiger partial charge in [0.25, 0.3) is 0 Å². The van der Waals surface area contributed by atoms with Crippen LogP contribution in [0.3, 0.4) is 0 Å². The number of amides is 3. The van der Waals surface area contributed by atoms with Gasteiger partial charge in [-0.25, -0.2) is 14.4 Å². The van der Waals surface area contributed by atoms with Gasteiger partial charge in [0.1, 0.15) is 5.60 Å². The minimum absolute atomic E-state index is 0.00980. The van der Waals surface area contributed by atoms with Crippen LogP contribution in [0.5, 0.6) is 0 Å². The van der Waals surface area contributed by atoms with Crippen LogP contribution in [0.4, 0.5) is 9.59 Å². The molecule has 0 unspecified atom stereocenters. The van der Waals surface area contributed by atoms with Crippen molar-refractivity contribution >= 4 is 24.1 Å². The van der Waals surface area contributed by atoms with Crippen LogP contribution in [0, 0.1) is 0 Å². The number of esters is 1. The summed E-state index contributed by atoms with van der Waals surface area (Å²) in [5, 5.41) is 5.37. The lowest BCUT2D eigenvalue weighted by Gasteiger charge is -2.42. The molecule has 2 atom stereocenters. The molecule has 0 saturated carbocycles. The third-order valence-corrected chi connectivity index (χ3v) is 6.51. The number of carbonyl (C=O) groups excluding carboxylic acids is 4. The molecule has 2 fully saturated rings. The van der Waals surface area contributed by atoms with Crippen molar-refractivity contribution in [3.8, 4) is 0 Å². The van der Waals surface area contributed by atoms with Gasteiger partial charge in [-0.3, -0.25) is 9.69 Å². The Morgan fingerprint density at radius 2 is 1.59 bits per heavy atom. The SMILES string of the molecule is CC(C)(C)OC(=O)N1CCCC[C@H]1CN1CCCC[C@H]1C(=O)NCCNC(=O)OC(=O)c1ccccc1. The maximum absolute atomic E-state index is 13.0. The fourth-order valence-corrected chi connectivity index (χ4v) is 4.75. The van der Waals surface area contributed by atoms with Crippen LogP contribution in [-0.4, -0.2) is 84.3 Å². The topological polar surface area (TPSA) is 117 Å². The Kier molecular flexibility index (Phi) is 10.3. The number of alkyl carbamates (subject to hydrolysis) is 1. The summed E-state index contributed by atoms with van der Waals surface area (Å²) in [6.45, 7) is 8.03. The third kappa shape index (κ3) is 9.03. The van der Waals surface area contributed by atoms with Gasteiger partial charge >= 0.3 is 18.2 Å². The molecule has 2 heterocycles. The van der Waals surface area contributed by atoms with E-state index < -0.39 is 17.7 Å². The quantitative estimate of drug-likeness (QED) is 0.324. The van der Waals surface area contributed by atoms with E-state index in [1.54, 1.807) is 30.3 Å². The maximum atomic E-state index is 13.0. The molecule has 0 aromatic heterocycles. The number of nitrogens with zero attached hydrogens (tertiary/aromatic N) is 2. The summed E-state index contributed by atoms with van der Waals surface area (Å²) in [4.78, 5) is 53.6. The Morgan fingerprint density at radius 3 is 2.32 bits per heavy atom. The van der Waals surface area contributed by atoms with E-state index in [1.165, 1.54) is 0 Å². The summed E-state index contributed by atoms with van der Waals surface area (Å²) in [6, 6.07) is 7.97. The number of likely N-dealkylation sites (tertiary alicyclic amines) is 2. The van der Waals surface area contributed by atoms with E-state index in [4.69, 9.17) is 9.47 Å². The molecular formula is C27H40N4O6. The van der Waals surface area contributed by atoms with Crippen LogP contribution in [0.1, 0.15) is 69.7 Å². The van der Waals surface area contributed by atoms with Gasteiger partial charge in [-0.05, 0) is 71.6 Å². The van der Waals surface area contributed by atoms with Crippen LogP contribution in [-0.2, 0) is 14.3 Å². The predicted octanol–water partition coefficient (Wildman–Crippen LogP) is 3.31. The number of ether oxygens (including phenoxy) is 2. The summed E-state index contributed by atoms with van der Waals surface area (Å²) < 4.78 is 10.4. The Labute approximate surface area is 219 Å². The molecule has 0 spiro atoms. The summed E-state index contributed by atoms with van der Waals surface area (Å²) in [7, 11) is 0. The summed E-state index contributed by atoms with van der Waals surface area (Å²) in [5.74, 6) is -0.835. The fraction of sp³-hybridized carbons (Fsp3) is 0.630. The van der Waals surface area contributed by atoms with Crippen LogP contribution in [0.15, 0.2) is 30.3 Å². The molecule has 2 N–H and O–H groups in total. The normalized spacial score (nSPS) is 20.6. The molecule has 1 aromatic carbocycles. The molecule has 2 saturated heterocycles. The van der Waals surface area contributed by atoms with Crippen molar-refractivity contribution < 1.29 is 28.7 Å². The highest BCUT2D eigenvalue weighted by atomic mass is 16.6. The number of hydrogen-bond acceptors (Lipinski definition) is 7. The smallest absolute Gasteiger partial charge is 0.415 e. The number of hydrogen-bond donors (Lipinski definition) is 2. The van der Waals surface area contributed by atoms with Crippen LogP contribution in [0.25, 0.3) is 0 Å². The monoisotopic (exact) mass is 516 g/mol. The number of rotatable bonds is 7. The Balaban J connectivity index is 1.46. The molecule has 0 radical (unpaired) electrons. The van der Waals surface area contributed by atoms with E-state index >= 15 is 0 Å². The molecule has 2 aliphatic rings. The molecule has 3 amide bonds. The summed E-state index contributed by atoms with van der Waals surface area (Å²) >= 11 is 0. The van der Waals surface area contributed by atoms with E-state index in [1.807, 2.05) is 25.7 Å². The third-order valence-electron chi connectivity index (χ3n) is 6.51. The zero-order valence-corrected chi connectivity index (χ0v) is 22.2. The molecule has 0 bridgehead atoms. The van der Waals surface area contributed by atoms with Crippen molar-refractivity contribution in [1.29, 1.82) is 0 Å². The lowest BCUT2D eigenvalue weighted by Crippen LogP contribution is -2.56. The van der Waals surface area contributed by atoms with Gasteiger partial charge in [0.05, 0.1) is 11.6 Å². The second-order valence-electron chi connectivity index (χ2n) is 10.6. The standard InChI is InChI=1S/C27H40N4O6/c1-27(2,3)37-26(35)31-18-10-7-13-21(31)19-30-17-9-8-14-22(30)23(32)28-15-16-29-25(34)36-24(33)20-11-5-4-6-12-20/h4-6,11-12,21-22H,7-10,13-19H2,1-3H3,(H,28,32)(H,29,34)/t21-,22-/m0/s1. The van der Waals surface area contributed by atoms with Crippen LogP contribution >= 0.6 is 0 Å². The fourth-order valence-electron chi connectivity index (χ4n) is 4.75. The summed E-state index contributed by atoms with van der Waals surface area (Å²) in [5.41, 5.74) is -0.270. The van der Waals surface area contributed by atoms with Gasteiger partial charge in [-0.1, -0.05) is 24.6 Å². The first-order chi connectivity index (χ1) is 17.6. The van der Waals surface area contributed by atoms with Crippen molar-refractivity contribution in [2.75, 3.05) is 32.7 Å². The van der Waals surface area contributed by atoms with Gasteiger partial charge in [-0.15, -0.1) is 0 Å². The Morgan fingerprint density at radius 1 is 0.919 bits per heavy atom. The maximum Gasteiger partial charge on any atom is 0.415 e. The molecule has 204 valence electrons. The van der Waals surface area contributed by atoms with E-state index in [9.17, 15) is 19.2 Å². The lowest BCUT2D eigenvalue weighted by atomic mass is 9.97. The van der Waals surface area contributed by atoms with Crippen molar-refractivity contribution in [2.24, 2.45) is 0 Å². The first kappa shape index (κ1) is 28.4. The molecule has 3 rings (SSSR count). The highest BCUT2D eigenvalue weighted by molar-refractivity contribution is 5.96. The molecule has 37 heavy (non-hydrogen) atoms. The molecule has 10 heteroatoms. The minimum atomic E-state index is -0.859.